The number of halogens is 2. The summed E-state index contributed by atoms with van der Waals surface area (Å²) in [5, 5.41) is 4.14. The summed E-state index contributed by atoms with van der Waals surface area (Å²) in [5.74, 6) is 1.55. The molecule has 0 unspecified atom stereocenters. The van der Waals surface area contributed by atoms with E-state index in [-0.39, 0.29) is 0 Å². The van der Waals surface area contributed by atoms with Crippen molar-refractivity contribution in [3.63, 3.8) is 0 Å². The van der Waals surface area contributed by atoms with Gasteiger partial charge in [-0.25, -0.2) is 0 Å². The van der Waals surface area contributed by atoms with E-state index >= 15 is 0 Å². The third kappa shape index (κ3) is 3.79. The smallest absolute Gasteiger partial charge is 0.150 e. The lowest BCUT2D eigenvalue weighted by Gasteiger charge is -2.14. The van der Waals surface area contributed by atoms with Gasteiger partial charge in [-0.1, -0.05) is 39.7 Å². The van der Waals surface area contributed by atoms with E-state index in [9.17, 15) is 0 Å². The highest BCUT2D eigenvalue weighted by Gasteiger charge is 2.21. The van der Waals surface area contributed by atoms with E-state index in [0.29, 0.717) is 11.1 Å². The maximum Gasteiger partial charge on any atom is 0.150 e. The molecule has 1 N–H and O–H groups in total. The van der Waals surface area contributed by atoms with Crippen molar-refractivity contribution in [3.05, 3.63) is 57.0 Å². The van der Waals surface area contributed by atoms with Crippen LogP contribution in [0, 0.1) is 6.92 Å². The highest BCUT2D eigenvalue weighted by atomic mass is 79.9. The quantitative estimate of drug-likeness (QED) is 0.759. The predicted octanol–water partition coefficient (Wildman–Crippen LogP) is 5.46. The number of ether oxygens (including phenoxy) is 1. The summed E-state index contributed by atoms with van der Waals surface area (Å²) in [5.41, 5.74) is 2.23. The lowest BCUT2D eigenvalue weighted by Crippen LogP contribution is -2.15. The summed E-state index contributed by atoms with van der Waals surface area (Å²) in [4.78, 5) is 0. The van der Waals surface area contributed by atoms with Crippen molar-refractivity contribution >= 4 is 27.5 Å². The van der Waals surface area contributed by atoms with E-state index < -0.39 is 0 Å². The molecule has 110 valence electrons. The van der Waals surface area contributed by atoms with Crippen molar-refractivity contribution in [1.29, 1.82) is 0 Å². The van der Waals surface area contributed by atoms with E-state index in [1.54, 1.807) is 0 Å². The highest BCUT2D eigenvalue weighted by molar-refractivity contribution is 9.10. The van der Waals surface area contributed by atoms with Crippen LogP contribution in [0.25, 0.3) is 0 Å². The van der Waals surface area contributed by atoms with Crippen molar-refractivity contribution in [2.24, 2.45) is 0 Å². The van der Waals surface area contributed by atoms with Crippen molar-refractivity contribution < 1.29 is 4.74 Å². The molecule has 21 heavy (non-hydrogen) atoms. The van der Waals surface area contributed by atoms with E-state index in [1.165, 1.54) is 12.8 Å². The summed E-state index contributed by atoms with van der Waals surface area (Å²) < 4.78 is 7.11. The van der Waals surface area contributed by atoms with Crippen molar-refractivity contribution in [2.75, 3.05) is 0 Å². The number of hydrogen-bond donors (Lipinski definition) is 1. The number of para-hydroxylation sites is 1. The van der Waals surface area contributed by atoms with Crippen LogP contribution in [0.15, 0.2) is 40.9 Å². The maximum atomic E-state index is 6.32. The van der Waals surface area contributed by atoms with Crippen LogP contribution in [0.3, 0.4) is 0 Å². The minimum Gasteiger partial charge on any atom is -0.455 e. The van der Waals surface area contributed by atoms with Crippen LogP contribution >= 0.6 is 27.5 Å². The molecule has 0 aromatic heterocycles. The number of hydrogen-bond acceptors (Lipinski definition) is 2. The molecule has 1 aliphatic carbocycles. The van der Waals surface area contributed by atoms with Gasteiger partial charge in [-0.05, 0) is 49.6 Å². The van der Waals surface area contributed by atoms with Gasteiger partial charge in [0.1, 0.15) is 11.5 Å². The zero-order valence-electron chi connectivity index (χ0n) is 11.8. The van der Waals surface area contributed by atoms with Crippen molar-refractivity contribution in [2.45, 2.75) is 32.4 Å². The molecular formula is C17H17BrClNO. The largest absolute Gasteiger partial charge is 0.455 e. The van der Waals surface area contributed by atoms with E-state index in [4.69, 9.17) is 16.3 Å². The summed E-state index contributed by atoms with van der Waals surface area (Å²) in [6.45, 7) is 2.83. The molecule has 4 heteroatoms. The van der Waals surface area contributed by atoms with E-state index in [2.05, 4.69) is 27.3 Å². The van der Waals surface area contributed by atoms with Crippen LogP contribution in [0.1, 0.15) is 24.0 Å². The molecule has 2 aromatic rings. The Labute approximate surface area is 138 Å². The second kappa shape index (κ2) is 6.39. The molecule has 0 bridgehead atoms. The van der Waals surface area contributed by atoms with Crippen molar-refractivity contribution in [3.8, 4) is 11.5 Å². The normalized spacial score (nSPS) is 14.2. The topological polar surface area (TPSA) is 21.3 Å². The van der Waals surface area contributed by atoms with E-state index in [0.717, 1.165) is 33.6 Å². The Morgan fingerprint density at radius 1 is 1.29 bits per heavy atom. The Bertz CT molecular complexity index is 655. The van der Waals surface area contributed by atoms with Gasteiger partial charge < -0.3 is 10.1 Å². The molecule has 2 aromatic carbocycles. The SMILES string of the molecule is Cc1cc(Oc2c(Cl)cccc2CNC2CC2)ccc1Br. The maximum absolute atomic E-state index is 6.32. The van der Waals surface area contributed by atoms with Gasteiger partial charge in [0.15, 0.2) is 0 Å². The van der Waals surface area contributed by atoms with Crippen LogP contribution in [0.2, 0.25) is 5.02 Å². The third-order valence-electron chi connectivity index (χ3n) is 3.56. The van der Waals surface area contributed by atoms with E-state index in [1.807, 2.05) is 37.3 Å². The first-order valence-electron chi connectivity index (χ1n) is 7.08. The Balaban J connectivity index is 1.83. The second-order valence-electron chi connectivity index (χ2n) is 5.40. The zero-order valence-corrected chi connectivity index (χ0v) is 14.2. The second-order valence-corrected chi connectivity index (χ2v) is 6.66. The van der Waals surface area contributed by atoms with Crippen LogP contribution in [0.4, 0.5) is 0 Å². The molecule has 0 spiro atoms. The molecule has 1 aliphatic rings. The summed E-state index contributed by atoms with van der Waals surface area (Å²) in [6, 6.07) is 12.5. The Kier molecular flexibility index (Phi) is 4.53. The molecule has 2 nitrogen and oxygen atoms in total. The third-order valence-corrected chi connectivity index (χ3v) is 4.74. The van der Waals surface area contributed by atoms with Gasteiger partial charge >= 0.3 is 0 Å². The molecule has 0 heterocycles. The van der Waals surface area contributed by atoms with Gasteiger partial charge in [0.05, 0.1) is 5.02 Å². The zero-order chi connectivity index (χ0) is 14.8. The molecule has 1 saturated carbocycles. The number of aryl methyl sites for hydroxylation is 1. The molecular weight excluding hydrogens is 350 g/mol. The first kappa shape index (κ1) is 14.9. The molecule has 0 atom stereocenters. The molecule has 0 aliphatic heterocycles. The van der Waals surface area contributed by atoms with Gasteiger partial charge in [-0.15, -0.1) is 0 Å². The number of benzene rings is 2. The highest BCUT2D eigenvalue weighted by Crippen LogP contribution is 2.34. The van der Waals surface area contributed by atoms with Gasteiger partial charge in [0.2, 0.25) is 0 Å². The minimum atomic E-state index is 0.644. The van der Waals surface area contributed by atoms with Gasteiger partial charge in [-0.2, -0.15) is 0 Å². The fourth-order valence-electron chi connectivity index (χ4n) is 2.15. The Morgan fingerprint density at radius 3 is 2.81 bits per heavy atom. The Hall–Kier alpha value is -1.03. The van der Waals surface area contributed by atoms with Gasteiger partial charge in [0, 0.05) is 22.6 Å². The van der Waals surface area contributed by atoms with Crippen molar-refractivity contribution in [1.82, 2.24) is 5.32 Å². The molecule has 1 fully saturated rings. The Morgan fingerprint density at radius 2 is 2.10 bits per heavy atom. The van der Waals surface area contributed by atoms with Crippen LogP contribution in [-0.2, 0) is 6.54 Å². The van der Waals surface area contributed by atoms with Gasteiger partial charge in [-0.3, -0.25) is 0 Å². The number of nitrogens with one attached hydrogen (secondary N) is 1. The lowest BCUT2D eigenvalue weighted by atomic mass is 10.2. The first-order chi connectivity index (χ1) is 10.1. The van der Waals surface area contributed by atoms with Crippen LogP contribution in [-0.4, -0.2) is 6.04 Å². The van der Waals surface area contributed by atoms with Crippen LogP contribution in [0.5, 0.6) is 11.5 Å². The van der Waals surface area contributed by atoms with Gasteiger partial charge in [0.25, 0.3) is 0 Å². The lowest BCUT2D eigenvalue weighted by molar-refractivity contribution is 0.472. The average Bonchev–Trinajstić information content (AvgIpc) is 3.28. The molecule has 0 radical (unpaired) electrons. The summed E-state index contributed by atoms with van der Waals surface area (Å²) >= 11 is 9.82. The fourth-order valence-corrected chi connectivity index (χ4v) is 2.63. The first-order valence-corrected chi connectivity index (χ1v) is 8.25. The minimum absolute atomic E-state index is 0.644. The summed E-state index contributed by atoms with van der Waals surface area (Å²) in [7, 11) is 0. The summed E-state index contributed by atoms with van der Waals surface area (Å²) in [6.07, 6.45) is 2.53. The number of rotatable bonds is 5. The average molecular weight is 367 g/mol. The van der Waals surface area contributed by atoms with Crippen LogP contribution < -0.4 is 10.1 Å². The molecule has 0 amide bonds. The predicted molar refractivity (Wildman–Crippen MR) is 90.3 cm³/mol. The standard InChI is InChI=1S/C17H17BrClNO/c1-11-9-14(7-8-15(11)18)21-17-12(3-2-4-16(17)19)10-20-13-5-6-13/h2-4,7-9,13,20H,5-6,10H2,1H3. The fraction of sp³-hybridized carbons (Fsp3) is 0.294. The molecule has 0 saturated heterocycles. The molecule has 3 rings (SSSR count). The monoisotopic (exact) mass is 365 g/mol.